The summed E-state index contributed by atoms with van der Waals surface area (Å²) >= 11 is 0. The Kier molecular flexibility index (Phi) is 4.92. The molecule has 0 saturated carbocycles. The first-order valence-electron chi connectivity index (χ1n) is 8.82. The zero-order valence-corrected chi connectivity index (χ0v) is 16.2. The van der Waals surface area contributed by atoms with Crippen LogP contribution >= 0.6 is 0 Å². The van der Waals surface area contributed by atoms with Crippen molar-refractivity contribution in [2.75, 3.05) is 5.32 Å². The molecule has 2 aromatic heterocycles. The topological polar surface area (TPSA) is 113 Å². The number of carbonyl (C=O) groups excluding carboxylic acids is 1. The number of pyridine rings is 1. The molecule has 0 aliphatic heterocycles. The largest absolute Gasteiger partial charge is 0.328 e. The van der Waals surface area contributed by atoms with E-state index < -0.39 is 5.56 Å². The van der Waals surface area contributed by atoms with E-state index in [0.717, 1.165) is 16.6 Å². The SMILES string of the molecule is Cc1[nH]c(=O)c(C#N)c(C)c1CCC(=O)Nc1ccc2c(c1)n(C)c(=O)n2C. The van der Waals surface area contributed by atoms with Crippen molar-refractivity contribution in [1.29, 1.82) is 5.26 Å². The van der Waals surface area contributed by atoms with Crippen LogP contribution in [0.5, 0.6) is 0 Å². The van der Waals surface area contributed by atoms with Crippen LogP contribution in [0.1, 0.15) is 28.8 Å². The van der Waals surface area contributed by atoms with Gasteiger partial charge in [-0.15, -0.1) is 0 Å². The lowest BCUT2D eigenvalue weighted by Gasteiger charge is -2.11. The lowest BCUT2D eigenvalue weighted by Crippen LogP contribution is -2.19. The third kappa shape index (κ3) is 3.22. The number of nitriles is 1. The Morgan fingerprint density at radius 3 is 2.54 bits per heavy atom. The van der Waals surface area contributed by atoms with E-state index in [0.29, 0.717) is 23.4 Å². The molecule has 3 rings (SSSR count). The summed E-state index contributed by atoms with van der Waals surface area (Å²) in [7, 11) is 3.39. The number of rotatable bonds is 4. The predicted octanol–water partition coefficient (Wildman–Crippen LogP) is 1.63. The molecule has 144 valence electrons. The molecular weight excluding hydrogens is 358 g/mol. The summed E-state index contributed by atoms with van der Waals surface area (Å²) in [5.41, 5.74) is 3.73. The second-order valence-electron chi connectivity index (χ2n) is 6.82. The molecule has 0 saturated heterocycles. The maximum Gasteiger partial charge on any atom is 0.328 e. The van der Waals surface area contributed by atoms with Gasteiger partial charge in [-0.3, -0.25) is 18.7 Å². The van der Waals surface area contributed by atoms with E-state index >= 15 is 0 Å². The normalized spacial score (nSPS) is 10.8. The average Bonchev–Trinajstić information content (AvgIpc) is 2.85. The second-order valence-corrected chi connectivity index (χ2v) is 6.82. The molecule has 8 heteroatoms. The molecule has 2 N–H and O–H groups in total. The van der Waals surface area contributed by atoms with Crippen molar-refractivity contribution >= 4 is 22.6 Å². The van der Waals surface area contributed by atoms with Gasteiger partial charge in [0.1, 0.15) is 11.6 Å². The molecule has 0 bridgehead atoms. The molecule has 0 spiro atoms. The van der Waals surface area contributed by atoms with Crippen LogP contribution in [-0.2, 0) is 25.3 Å². The minimum atomic E-state index is -0.410. The Labute approximate surface area is 161 Å². The van der Waals surface area contributed by atoms with Gasteiger partial charge in [0.2, 0.25) is 5.91 Å². The third-order valence-corrected chi connectivity index (χ3v) is 5.08. The molecule has 3 aromatic rings. The highest BCUT2D eigenvalue weighted by atomic mass is 16.2. The van der Waals surface area contributed by atoms with Crippen molar-refractivity contribution in [2.24, 2.45) is 14.1 Å². The van der Waals surface area contributed by atoms with E-state index in [-0.39, 0.29) is 23.6 Å². The van der Waals surface area contributed by atoms with Crippen LogP contribution in [0.2, 0.25) is 0 Å². The Morgan fingerprint density at radius 1 is 1.18 bits per heavy atom. The van der Waals surface area contributed by atoms with Gasteiger partial charge in [0, 0.05) is 31.9 Å². The molecular formula is C20H21N5O3. The summed E-state index contributed by atoms with van der Waals surface area (Å²) in [6.45, 7) is 3.48. The number of fused-ring (bicyclic) bond motifs is 1. The summed E-state index contributed by atoms with van der Waals surface area (Å²) in [6, 6.07) is 7.22. The summed E-state index contributed by atoms with van der Waals surface area (Å²) in [4.78, 5) is 38.9. The molecule has 0 radical (unpaired) electrons. The number of benzene rings is 1. The van der Waals surface area contributed by atoms with Gasteiger partial charge in [-0.05, 0) is 49.6 Å². The Bertz CT molecular complexity index is 1250. The number of aryl methyl sites for hydroxylation is 3. The smallest absolute Gasteiger partial charge is 0.326 e. The van der Waals surface area contributed by atoms with Crippen molar-refractivity contribution < 1.29 is 4.79 Å². The fourth-order valence-electron chi connectivity index (χ4n) is 3.47. The molecule has 0 aliphatic carbocycles. The van der Waals surface area contributed by atoms with Gasteiger partial charge in [-0.1, -0.05) is 0 Å². The molecule has 1 aromatic carbocycles. The number of H-pyrrole nitrogens is 1. The van der Waals surface area contributed by atoms with E-state index in [1.54, 1.807) is 50.7 Å². The molecule has 8 nitrogen and oxygen atoms in total. The van der Waals surface area contributed by atoms with Crippen molar-refractivity contribution in [3.05, 3.63) is 61.4 Å². The monoisotopic (exact) mass is 379 g/mol. The minimum absolute atomic E-state index is 0.0801. The summed E-state index contributed by atoms with van der Waals surface area (Å²) in [6.07, 6.45) is 0.603. The van der Waals surface area contributed by atoms with Crippen LogP contribution in [0.3, 0.4) is 0 Å². The lowest BCUT2D eigenvalue weighted by molar-refractivity contribution is -0.116. The fraction of sp³-hybridized carbons (Fsp3) is 0.300. The highest BCUT2D eigenvalue weighted by molar-refractivity contribution is 5.93. The van der Waals surface area contributed by atoms with Crippen LogP contribution < -0.4 is 16.6 Å². The van der Waals surface area contributed by atoms with Crippen molar-refractivity contribution in [3.63, 3.8) is 0 Å². The molecule has 28 heavy (non-hydrogen) atoms. The Balaban J connectivity index is 1.78. The predicted molar refractivity (Wildman–Crippen MR) is 106 cm³/mol. The number of aromatic amines is 1. The number of amides is 1. The maximum atomic E-state index is 12.4. The number of hydrogen-bond donors (Lipinski definition) is 2. The summed E-state index contributed by atoms with van der Waals surface area (Å²) < 4.78 is 3.08. The number of nitrogens with one attached hydrogen (secondary N) is 2. The van der Waals surface area contributed by atoms with Gasteiger partial charge < -0.3 is 10.3 Å². The highest BCUT2D eigenvalue weighted by Crippen LogP contribution is 2.19. The molecule has 0 atom stereocenters. The number of hydrogen-bond acceptors (Lipinski definition) is 4. The van der Waals surface area contributed by atoms with Gasteiger partial charge in [0.25, 0.3) is 5.56 Å². The zero-order valence-electron chi connectivity index (χ0n) is 16.2. The number of carbonyl (C=O) groups is 1. The van der Waals surface area contributed by atoms with E-state index in [1.165, 1.54) is 4.57 Å². The first-order chi connectivity index (χ1) is 13.2. The highest BCUT2D eigenvalue weighted by Gasteiger charge is 2.14. The first-order valence-corrected chi connectivity index (χ1v) is 8.82. The van der Waals surface area contributed by atoms with Gasteiger partial charge in [-0.2, -0.15) is 5.26 Å². The van der Waals surface area contributed by atoms with Gasteiger partial charge in [0.05, 0.1) is 11.0 Å². The molecule has 0 aliphatic rings. The van der Waals surface area contributed by atoms with Gasteiger partial charge >= 0.3 is 5.69 Å². The van der Waals surface area contributed by atoms with E-state index in [1.807, 2.05) is 6.07 Å². The van der Waals surface area contributed by atoms with E-state index in [4.69, 9.17) is 5.26 Å². The van der Waals surface area contributed by atoms with Crippen LogP contribution in [0.4, 0.5) is 5.69 Å². The van der Waals surface area contributed by atoms with Gasteiger partial charge in [-0.25, -0.2) is 4.79 Å². The zero-order chi connectivity index (χ0) is 20.6. The number of imidazole rings is 1. The Hall–Kier alpha value is -3.60. The molecule has 1 amide bonds. The second kappa shape index (κ2) is 7.19. The Morgan fingerprint density at radius 2 is 1.86 bits per heavy atom. The maximum absolute atomic E-state index is 12.4. The van der Waals surface area contributed by atoms with Crippen molar-refractivity contribution in [2.45, 2.75) is 26.7 Å². The lowest BCUT2D eigenvalue weighted by atomic mass is 9.99. The summed E-state index contributed by atoms with van der Waals surface area (Å²) in [5.74, 6) is -0.191. The standard InChI is InChI=1S/C20H21N5O3/c1-11-14(12(2)22-19(27)15(11)10-21)6-8-18(26)23-13-5-7-16-17(9-13)25(4)20(28)24(16)3/h5,7,9H,6,8H2,1-4H3,(H,22,27)(H,23,26). The third-order valence-electron chi connectivity index (χ3n) is 5.08. The number of anilines is 1. The minimum Gasteiger partial charge on any atom is -0.326 e. The van der Waals surface area contributed by atoms with E-state index in [9.17, 15) is 14.4 Å². The molecule has 0 unspecified atom stereocenters. The fourth-order valence-corrected chi connectivity index (χ4v) is 3.47. The van der Waals surface area contributed by atoms with Crippen LogP contribution in [0.15, 0.2) is 27.8 Å². The van der Waals surface area contributed by atoms with Crippen LogP contribution in [0.25, 0.3) is 11.0 Å². The molecule has 2 heterocycles. The number of aromatic nitrogens is 3. The van der Waals surface area contributed by atoms with Crippen molar-refractivity contribution in [1.82, 2.24) is 14.1 Å². The average molecular weight is 379 g/mol. The van der Waals surface area contributed by atoms with Crippen LogP contribution in [-0.4, -0.2) is 20.0 Å². The number of nitrogens with zero attached hydrogens (tertiary/aromatic N) is 3. The first kappa shape index (κ1) is 19.2. The molecule has 0 fully saturated rings. The summed E-state index contributed by atoms with van der Waals surface area (Å²) in [5, 5.41) is 12.0. The van der Waals surface area contributed by atoms with Crippen molar-refractivity contribution in [3.8, 4) is 6.07 Å². The van der Waals surface area contributed by atoms with Gasteiger partial charge in [0.15, 0.2) is 0 Å². The van der Waals surface area contributed by atoms with Crippen LogP contribution in [0, 0.1) is 25.2 Å². The quantitative estimate of drug-likeness (QED) is 0.717. The van der Waals surface area contributed by atoms with E-state index in [2.05, 4.69) is 10.3 Å².